The highest BCUT2D eigenvalue weighted by Crippen LogP contribution is 2.29. The fourth-order valence-corrected chi connectivity index (χ4v) is 3.24. The van der Waals surface area contributed by atoms with Crippen LogP contribution in [0.4, 0.5) is 11.5 Å². The van der Waals surface area contributed by atoms with Gasteiger partial charge in [0.25, 0.3) is 5.91 Å². The van der Waals surface area contributed by atoms with Crippen molar-refractivity contribution in [2.75, 3.05) is 36.8 Å². The van der Waals surface area contributed by atoms with E-state index in [0.29, 0.717) is 17.8 Å². The number of nitrogens with one attached hydrogen (secondary N) is 1. The SMILES string of the molecule is CCN(CC)c1ccc(C(=O)N2CCC(c3[nH]ncc3N)C2)cn1. The molecular formula is C17H24N6O. The van der Waals surface area contributed by atoms with Crippen molar-refractivity contribution in [1.82, 2.24) is 20.1 Å². The largest absolute Gasteiger partial charge is 0.396 e. The fraction of sp³-hybridized carbons (Fsp3) is 0.471. The van der Waals surface area contributed by atoms with Gasteiger partial charge in [-0.05, 0) is 32.4 Å². The number of amides is 1. The Balaban J connectivity index is 1.68. The third kappa shape index (κ3) is 3.06. The van der Waals surface area contributed by atoms with E-state index in [1.165, 1.54) is 0 Å². The molecule has 1 unspecified atom stereocenters. The van der Waals surface area contributed by atoms with Crippen molar-refractivity contribution < 1.29 is 4.79 Å². The van der Waals surface area contributed by atoms with Crippen LogP contribution in [0, 0.1) is 0 Å². The van der Waals surface area contributed by atoms with Crippen molar-refractivity contribution in [2.24, 2.45) is 0 Å². The quantitative estimate of drug-likeness (QED) is 0.874. The molecule has 1 aliphatic rings. The predicted molar refractivity (Wildman–Crippen MR) is 94.1 cm³/mol. The minimum atomic E-state index is 0.0224. The molecule has 0 radical (unpaired) electrons. The van der Waals surface area contributed by atoms with Gasteiger partial charge in [-0.25, -0.2) is 4.98 Å². The molecule has 3 rings (SSSR count). The van der Waals surface area contributed by atoms with Gasteiger partial charge >= 0.3 is 0 Å². The van der Waals surface area contributed by atoms with Crippen LogP contribution in [0.3, 0.4) is 0 Å². The van der Waals surface area contributed by atoms with Crippen LogP contribution < -0.4 is 10.6 Å². The van der Waals surface area contributed by atoms with Crippen LogP contribution in [0.1, 0.15) is 42.2 Å². The number of nitrogens with two attached hydrogens (primary N) is 1. The van der Waals surface area contributed by atoms with E-state index >= 15 is 0 Å². The third-order valence-corrected chi connectivity index (χ3v) is 4.67. The number of nitrogen functional groups attached to an aromatic ring is 1. The molecular weight excluding hydrogens is 304 g/mol. The molecule has 7 heteroatoms. The second kappa shape index (κ2) is 6.90. The number of hydrogen-bond acceptors (Lipinski definition) is 5. The van der Waals surface area contributed by atoms with Gasteiger partial charge in [0, 0.05) is 38.3 Å². The Bertz CT molecular complexity index is 691. The summed E-state index contributed by atoms with van der Waals surface area (Å²) in [7, 11) is 0. The smallest absolute Gasteiger partial charge is 0.255 e. The molecule has 0 bridgehead atoms. The maximum atomic E-state index is 12.7. The number of likely N-dealkylation sites (tertiary alicyclic amines) is 1. The second-order valence-corrected chi connectivity index (χ2v) is 6.05. The molecule has 1 aliphatic heterocycles. The number of H-pyrrole nitrogens is 1. The first-order valence-corrected chi connectivity index (χ1v) is 8.43. The van der Waals surface area contributed by atoms with Gasteiger partial charge < -0.3 is 15.5 Å². The number of carbonyl (C=O) groups is 1. The molecule has 1 atom stereocenters. The summed E-state index contributed by atoms with van der Waals surface area (Å²) in [4.78, 5) is 21.1. The molecule has 0 spiro atoms. The Labute approximate surface area is 141 Å². The van der Waals surface area contributed by atoms with E-state index in [4.69, 9.17) is 5.73 Å². The topological polar surface area (TPSA) is 91.1 Å². The molecule has 1 saturated heterocycles. The van der Waals surface area contributed by atoms with Gasteiger partial charge in [0.15, 0.2) is 0 Å². The first-order valence-electron chi connectivity index (χ1n) is 8.43. The number of anilines is 2. The summed E-state index contributed by atoms with van der Waals surface area (Å²) < 4.78 is 0. The van der Waals surface area contributed by atoms with Gasteiger partial charge in [-0.1, -0.05) is 0 Å². The molecule has 0 saturated carbocycles. The van der Waals surface area contributed by atoms with Gasteiger partial charge in [-0.3, -0.25) is 9.89 Å². The lowest BCUT2D eigenvalue weighted by Crippen LogP contribution is -2.29. The summed E-state index contributed by atoms with van der Waals surface area (Å²) in [6, 6.07) is 3.78. The molecule has 0 aromatic carbocycles. The molecule has 128 valence electrons. The Morgan fingerprint density at radius 2 is 2.17 bits per heavy atom. The number of aromatic amines is 1. The maximum Gasteiger partial charge on any atom is 0.255 e. The average Bonchev–Trinajstić information content (AvgIpc) is 3.24. The standard InChI is InChI=1S/C17H24N6O/c1-3-22(4-2)15-6-5-12(9-19-15)17(24)23-8-7-13(11-23)16-14(18)10-20-21-16/h5-6,9-10,13H,3-4,7-8,11,18H2,1-2H3,(H,20,21). The predicted octanol–water partition coefficient (Wildman–Crippen LogP) is 1.86. The van der Waals surface area contributed by atoms with E-state index in [0.717, 1.165) is 37.6 Å². The van der Waals surface area contributed by atoms with Crippen LogP contribution in [-0.4, -0.2) is 52.2 Å². The van der Waals surface area contributed by atoms with Gasteiger partial charge in [-0.2, -0.15) is 5.10 Å². The van der Waals surface area contributed by atoms with Gasteiger partial charge in [-0.15, -0.1) is 0 Å². The Morgan fingerprint density at radius 1 is 1.38 bits per heavy atom. The number of aromatic nitrogens is 3. The first-order chi connectivity index (χ1) is 11.6. The van der Waals surface area contributed by atoms with Gasteiger partial charge in [0.1, 0.15) is 5.82 Å². The van der Waals surface area contributed by atoms with Crippen LogP contribution in [0.15, 0.2) is 24.5 Å². The van der Waals surface area contributed by atoms with Crippen LogP contribution in [-0.2, 0) is 0 Å². The molecule has 2 aromatic heterocycles. The molecule has 7 nitrogen and oxygen atoms in total. The van der Waals surface area contributed by atoms with Crippen LogP contribution in [0.5, 0.6) is 0 Å². The normalized spacial score (nSPS) is 17.2. The van der Waals surface area contributed by atoms with E-state index in [-0.39, 0.29) is 11.8 Å². The summed E-state index contributed by atoms with van der Waals surface area (Å²) in [6.45, 7) is 7.36. The van der Waals surface area contributed by atoms with E-state index in [1.807, 2.05) is 17.0 Å². The van der Waals surface area contributed by atoms with Crippen molar-refractivity contribution in [3.63, 3.8) is 0 Å². The molecule has 3 heterocycles. The molecule has 0 aliphatic carbocycles. The Hall–Kier alpha value is -2.57. The zero-order valence-electron chi connectivity index (χ0n) is 14.2. The number of carbonyl (C=O) groups excluding carboxylic acids is 1. The van der Waals surface area contributed by atoms with E-state index in [1.54, 1.807) is 12.4 Å². The number of rotatable bonds is 5. The summed E-state index contributed by atoms with van der Waals surface area (Å²) in [6.07, 6.45) is 4.19. The highest BCUT2D eigenvalue weighted by molar-refractivity contribution is 5.94. The summed E-state index contributed by atoms with van der Waals surface area (Å²) in [5, 5.41) is 6.92. The van der Waals surface area contributed by atoms with E-state index < -0.39 is 0 Å². The molecule has 3 N–H and O–H groups in total. The Kier molecular flexibility index (Phi) is 4.69. The van der Waals surface area contributed by atoms with E-state index in [2.05, 4.69) is 33.9 Å². The van der Waals surface area contributed by atoms with Gasteiger partial charge in [0.05, 0.1) is 23.1 Å². The number of hydrogen-bond donors (Lipinski definition) is 2. The minimum Gasteiger partial charge on any atom is -0.396 e. The van der Waals surface area contributed by atoms with Crippen molar-refractivity contribution in [3.05, 3.63) is 35.8 Å². The highest BCUT2D eigenvalue weighted by atomic mass is 16.2. The second-order valence-electron chi connectivity index (χ2n) is 6.05. The van der Waals surface area contributed by atoms with Crippen molar-refractivity contribution in [1.29, 1.82) is 0 Å². The monoisotopic (exact) mass is 328 g/mol. The zero-order valence-corrected chi connectivity index (χ0v) is 14.2. The van der Waals surface area contributed by atoms with Crippen LogP contribution in [0.2, 0.25) is 0 Å². The molecule has 2 aromatic rings. The van der Waals surface area contributed by atoms with E-state index in [9.17, 15) is 4.79 Å². The van der Waals surface area contributed by atoms with Gasteiger partial charge in [0.2, 0.25) is 0 Å². The third-order valence-electron chi connectivity index (χ3n) is 4.67. The number of pyridine rings is 1. The van der Waals surface area contributed by atoms with Crippen molar-refractivity contribution >= 4 is 17.4 Å². The highest BCUT2D eigenvalue weighted by Gasteiger charge is 2.30. The lowest BCUT2D eigenvalue weighted by molar-refractivity contribution is 0.0790. The molecule has 1 fully saturated rings. The minimum absolute atomic E-state index is 0.0224. The van der Waals surface area contributed by atoms with Crippen LogP contribution in [0.25, 0.3) is 0 Å². The van der Waals surface area contributed by atoms with Crippen molar-refractivity contribution in [2.45, 2.75) is 26.2 Å². The summed E-state index contributed by atoms with van der Waals surface area (Å²) in [5.41, 5.74) is 8.14. The average molecular weight is 328 g/mol. The van der Waals surface area contributed by atoms with Crippen molar-refractivity contribution in [3.8, 4) is 0 Å². The van der Waals surface area contributed by atoms with Crippen LogP contribution >= 0.6 is 0 Å². The zero-order chi connectivity index (χ0) is 17.1. The first kappa shape index (κ1) is 16.3. The summed E-state index contributed by atoms with van der Waals surface area (Å²) in [5.74, 6) is 1.15. The fourth-order valence-electron chi connectivity index (χ4n) is 3.24. The molecule has 24 heavy (non-hydrogen) atoms. The lowest BCUT2D eigenvalue weighted by atomic mass is 10.0. The number of nitrogens with zero attached hydrogens (tertiary/aromatic N) is 4. The lowest BCUT2D eigenvalue weighted by Gasteiger charge is -2.20. The Morgan fingerprint density at radius 3 is 2.75 bits per heavy atom. The molecule has 1 amide bonds. The summed E-state index contributed by atoms with van der Waals surface area (Å²) >= 11 is 0. The maximum absolute atomic E-state index is 12.7.